The monoisotopic (exact) mass is 357 g/mol. The number of fused-ring (bicyclic) bond motifs is 1. The molecule has 1 atom stereocenters. The number of hydrogen-bond donors (Lipinski definition) is 3. The molecule has 4 N–H and O–H groups in total. The lowest BCUT2D eigenvalue weighted by Crippen LogP contribution is -2.27. The number of aliphatic hydroxyl groups is 1. The van der Waals surface area contributed by atoms with Crippen molar-refractivity contribution >= 4 is 26.5 Å². The van der Waals surface area contributed by atoms with Crippen LogP contribution in [-0.2, 0) is 16.6 Å². The molecular weight excluding hydrogens is 338 g/mol. The van der Waals surface area contributed by atoms with Crippen molar-refractivity contribution < 1.29 is 13.5 Å². The average Bonchev–Trinajstić information content (AvgIpc) is 2.62. The lowest BCUT2D eigenvalue weighted by molar-refractivity contribution is 0.282. The molecule has 1 aromatic heterocycles. The summed E-state index contributed by atoms with van der Waals surface area (Å²) >= 11 is 0. The highest BCUT2D eigenvalue weighted by atomic mass is 32.2. The number of sulfonamides is 1. The number of benzene rings is 2. The molecule has 3 rings (SSSR count). The van der Waals surface area contributed by atoms with E-state index in [-0.39, 0.29) is 13.2 Å². The molecule has 3 aromatic rings. The highest BCUT2D eigenvalue weighted by molar-refractivity contribution is 7.93. The molecule has 0 aliphatic rings. The molecule has 6 nitrogen and oxygen atoms in total. The quantitative estimate of drug-likeness (QED) is 0.627. The maximum Gasteiger partial charge on any atom is 0.241 e. The van der Waals surface area contributed by atoms with Crippen molar-refractivity contribution in [2.24, 2.45) is 5.73 Å². The van der Waals surface area contributed by atoms with Crippen molar-refractivity contribution in [3.63, 3.8) is 0 Å². The first-order valence-electron chi connectivity index (χ1n) is 7.78. The maximum absolute atomic E-state index is 12.8. The van der Waals surface area contributed by atoms with Crippen LogP contribution in [0, 0.1) is 0 Å². The number of aromatic nitrogens is 1. The van der Waals surface area contributed by atoms with Crippen LogP contribution in [-0.4, -0.2) is 25.1 Å². The smallest absolute Gasteiger partial charge is 0.241 e. The van der Waals surface area contributed by atoms with Gasteiger partial charge in [0.2, 0.25) is 10.0 Å². The van der Waals surface area contributed by atoms with Crippen LogP contribution in [0.1, 0.15) is 16.4 Å². The molecular formula is C18H19N3O3S. The largest absolute Gasteiger partial charge is 0.392 e. The van der Waals surface area contributed by atoms with Gasteiger partial charge < -0.3 is 10.8 Å². The van der Waals surface area contributed by atoms with Crippen molar-refractivity contribution in [1.82, 2.24) is 4.98 Å². The summed E-state index contributed by atoms with van der Waals surface area (Å²) in [6.07, 6.45) is 3.38. The van der Waals surface area contributed by atoms with Crippen molar-refractivity contribution in [2.45, 2.75) is 11.9 Å². The summed E-state index contributed by atoms with van der Waals surface area (Å²) in [4.78, 5) is 4.04. The fourth-order valence-corrected chi connectivity index (χ4v) is 4.03. The molecule has 0 radical (unpaired) electrons. The van der Waals surface area contributed by atoms with Crippen LogP contribution in [0.4, 0.5) is 5.69 Å². The van der Waals surface area contributed by atoms with E-state index in [1.54, 1.807) is 48.8 Å². The van der Waals surface area contributed by atoms with Gasteiger partial charge in [-0.1, -0.05) is 30.3 Å². The molecule has 0 saturated heterocycles. The normalized spacial score (nSPS) is 12.9. The maximum atomic E-state index is 12.8. The van der Waals surface area contributed by atoms with Gasteiger partial charge in [-0.05, 0) is 34.7 Å². The summed E-state index contributed by atoms with van der Waals surface area (Å²) in [6.45, 7) is -0.143. The van der Waals surface area contributed by atoms with Gasteiger partial charge in [-0.25, -0.2) is 8.42 Å². The third kappa shape index (κ3) is 3.79. The van der Waals surface area contributed by atoms with E-state index >= 15 is 0 Å². The summed E-state index contributed by atoms with van der Waals surface area (Å²) in [5.74, 6) is 0. The molecule has 0 spiro atoms. The Balaban J connectivity index is 1.89. The number of anilines is 1. The van der Waals surface area contributed by atoms with E-state index in [1.165, 1.54) is 0 Å². The number of hydrogen-bond acceptors (Lipinski definition) is 5. The predicted molar refractivity (Wildman–Crippen MR) is 98.4 cm³/mol. The Morgan fingerprint density at radius 1 is 1.08 bits per heavy atom. The second kappa shape index (κ2) is 7.18. The summed E-state index contributed by atoms with van der Waals surface area (Å²) in [5, 5.41) is 10.1. The number of nitrogens with two attached hydrogens (primary N) is 1. The zero-order chi connectivity index (χ0) is 17.9. The summed E-state index contributed by atoms with van der Waals surface area (Å²) < 4.78 is 28.1. The van der Waals surface area contributed by atoms with Gasteiger partial charge in [-0.2, -0.15) is 0 Å². The van der Waals surface area contributed by atoms with Gasteiger partial charge in [-0.3, -0.25) is 9.71 Å². The highest BCUT2D eigenvalue weighted by Crippen LogP contribution is 2.26. The summed E-state index contributed by atoms with van der Waals surface area (Å²) in [7, 11) is -3.72. The number of rotatable bonds is 6. The fraction of sp³-hybridized carbons (Fsp3) is 0.167. The molecule has 0 amide bonds. The minimum Gasteiger partial charge on any atom is -0.392 e. The molecule has 1 heterocycles. The number of aliphatic hydroxyl groups excluding tert-OH is 1. The van der Waals surface area contributed by atoms with E-state index in [4.69, 9.17) is 10.8 Å². The molecule has 130 valence electrons. The Labute approximate surface area is 146 Å². The first-order chi connectivity index (χ1) is 12.0. The molecule has 25 heavy (non-hydrogen) atoms. The summed E-state index contributed by atoms with van der Waals surface area (Å²) in [6, 6.07) is 13.8. The SMILES string of the molecule is NCC(c1ccc(CO)cc1)S(=O)(=O)Nc1ccc2cnccc2c1. The number of pyridine rings is 1. The molecule has 0 aliphatic heterocycles. The van der Waals surface area contributed by atoms with Crippen LogP contribution < -0.4 is 10.5 Å². The van der Waals surface area contributed by atoms with Crippen LogP contribution in [0.3, 0.4) is 0 Å². The summed E-state index contributed by atoms with van der Waals surface area (Å²) in [5.41, 5.74) is 7.50. The zero-order valence-electron chi connectivity index (χ0n) is 13.5. The highest BCUT2D eigenvalue weighted by Gasteiger charge is 2.26. The third-order valence-corrected chi connectivity index (χ3v) is 5.76. The van der Waals surface area contributed by atoms with Crippen LogP contribution in [0.2, 0.25) is 0 Å². The third-order valence-electron chi connectivity index (χ3n) is 4.02. The molecule has 0 bridgehead atoms. The van der Waals surface area contributed by atoms with Gasteiger partial charge in [0.1, 0.15) is 5.25 Å². The van der Waals surface area contributed by atoms with E-state index in [9.17, 15) is 8.42 Å². The Morgan fingerprint density at radius 2 is 1.84 bits per heavy atom. The van der Waals surface area contributed by atoms with Gasteiger partial charge in [0.25, 0.3) is 0 Å². The van der Waals surface area contributed by atoms with Crippen LogP contribution >= 0.6 is 0 Å². The molecule has 1 unspecified atom stereocenters. The molecule has 0 fully saturated rings. The standard InChI is InChI=1S/C18H19N3O3S/c19-10-18(14-3-1-13(12-22)2-4-14)25(23,24)21-17-6-5-16-11-20-8-7-15(16)9-17/h1-9,11,18,21-22H,10,12,19H2. The van der Waals surface area contributed by atoms with Crippen LogP contribution in [0.5, 0.6) is 0 Å². The zero-order valence-corrected chi connectivity index (χ0v) is 14.3. The Hall–Kier alpha value is -2.48. The lowest BCUT2D eigenvalue weighted by atomic mass is 10.1. The molecule has 0 saturated carbocycles. The second-order valence-corrected chi connectivity index (χ2v) is 7.57. The Morgan fingerprint density at radius 3 is 2.52 bits per heavy atom. The lowest BCUT2D eigenvalue weighted by Gasteiger charge is -2.18. The fourth-order valence-electron chi connectivity index (χ4n) is 2.66. The molecule has 2 aromatic carbocycles. The van der Waals surface area contributed by atoms with Crippen LogP contribution in [0.15, 0.2) is 60.9 Å². The minimum atomic E-state index is -3.72. The van der Waals surface area contributed by atoms with Gasteiger partial charge in [0.15, 0.2) is 0 Å². The first-order valence-corrected chi connectivity index (χ1v) is 9.33. The van der Waals surface area contributed by atoms with E-state index in [0.717, 1.165) is 10.8 Å². The van der Waals surface area contributed by atoms with Crippen molar-refractivity contribution in [3.05, 3.63) is 72.1 Å². The van der Waals surface area contributed by atoms with E-state index in [0.29, 0.717) is 16.8 Å². The van der Waals surface area contributed by atoms with Gasteiger partial charge in [0.05, 0.1) is 6.61 Å². The van der Waals surface area contributed by atoms with Gasteiger partial charge >= 0.3 is 0 Å². The van der Waals surface area contributed by atoms with E-state index in [1.807, 2.05) is 12.1 Å². The number of nitrogens with zero attached hydrogens (tertiary/aromatic N) is 1. The minimum absolute atomic E-state index is 0.0503. The topological polar surface area (TPSA) is 105 Å². The van der Waals surface area contributed by atoms with Crippen molar-refractivity contribution in [2.75, 3.05) is 11.3 Å². The van der Waals surface area contributed by atoms with Crippen molar-refractivity contribution in [3.8, 4) is 0 Å². The number of nitrogens with one attached hydrogen (secondary N) is 1. The second-order valence-electron chi connectivity index (χ2n) is 5.71. The van der Waals surface area contributed by atoms with Crippen LogP contribution in [0.25, 0.3) is 10.8 Å². The van der Waals surface area contributed by atoms with Gasteiger partial charge in [0, 0.05) is 30.0 Å². The van der Waals surface area contributed by atoms with E-state index < -0.39 is 15.3 Å². The molecule has 0 aliphatic carbocycles. The Kier molecular flexibility index (Phi) is 4.98. The van der Waals surface area contributed by atoms with Gasteiger partial charge in [-0.15, -0.1) is 0 Å². The average molecular weight is 357 g/mol. The Bertz CT molecular complexity index is 972. The first kappa shape index (κ1) is 17.3. The van der Waals surface area contributed by atoms with Crippen molar-refractivity contribution in [1.29, 1.82) is 0 Å². The predicted octanol–water partition coefficient (Wildman–Crippen LogP) is 2.17. The van der Waals surface area contributed by atoms with E-state index in [2.05, 4.69) is 9.71 Å². The molecule has 7 heteroatoms.